The zero-order valence-corrected chi connectivity index (χ0v) is 19.0. The average Bonchev–Trinajstić information content (AvgIpc) is 3.31. The van der Waals surface area contributed by atoms with Gasteiger partial charge in [0.1, 0.15) is 5.76 Å². The highest BCUT2D eigenvalue weighted by Gasteiger charge is 2.37. The van der Waals surface area contributed by atoms with Crippen LogP contribution in [0.25, 0.3) is 0 Å². The predicted molar refractivity (Wildman–Crippen MR) is 118 cm³/mol. The lowest BCUT2D eigenvalue weighted by Gasteiger charge is -2.36. The van der Waals surface area contributed by atoms with Crippen LogP contribution < -0.4 is 0 Å². The minimum Gasteiger partial charge on any atom is -0.361 e. The van der Waals surface area contributed by atoms with Gasteiger partial charge >= 0.3 is 0 Å². The molecule has 8 nitrogen and oxygen atoms in total. The summed E-state index contributed by atoms with van der Waals surface area (Å²) in [6.07, 6.45) is 0.524. The molecule has 1 unspecified atom stereocenters. The summed E-state index contributed by atoms with van der Waals surface area (Å²) in [4.78, 5) is 43.6. The number of likely N-dealkylation sites (tertiary alicyclic amines) is 1. The summed E-state index contributed by atoms with van der Waals surface area (Å²) >= 11 is 0. The molecule has 170 valence electrons. The van der Waals surface area contributed by atoms with Gasteiger partial charge in [0.2, 0.25) is 17.7 Å². The Morgan fingerprint density at radius 3 is 2.31 bits per heavy atom. The fourth-order valence-corrected chi connectivity index (χ4v) is 4.46. The van der Waals surface area contributed by atoms with Crippen LogP contribution in [-0.2, 0) is 27.3 Å². The zero-order chi connectivity index (χ0) is 22.8. The van der Waals surface area contributed by atoms with Crippen LogP contribution in [-0.4, -0.2) is 70.3 Å². The normalized spacial score (nSPS) is 19.0. The van der Waals surface area contributed by atoms with Crippen molar-refractivity contribution in [2.75, 3.05) is 32.7 Å². The number of carbonyl (C=O) groups excluding carboxylic acids is 3. The lowest BCUT2D eigenvalue weighted by Crippen LogP contribution is -2.52. The minimum atomic E-state index is -0.308. The van der Waals surface area contributed by atoms with Crippen molar-refractivity contribution >= 4 is 17.7 Å². The first-order valence-electron chi connectivity index (χ1n) is 11.1. The molecule has 0 aliphatic carbocycles. The van der Waals surface area contributed by atoms with Crippen LogP contribution >= 0.6 is 0 Å². The van der Waals surface area contributed by atoms with E-state index >= 15 is 0 Å². The second-order valence-corrected chi connectivity index (χ2v) is 8.85. The van der Waals surface area contributed by atoms with E-state index in [9.17, 15) is 14.4 Å². The predicted octanol–water partition coefficient (Wildman–Crippen LogP) is 1.86. The number of carbonyl (C=O) groups is 3. The van der Waals surface area contributed by atoms with Crippen molar-refractivity contribution in [1.29, 1.82) is 0 Å². The van der Waals surface area contributed by atoms with Crippen molar-refractivity contribution < 1.29 is 18.9 Å². The van der Waals surface area contributed by atoms with Crippen LogP contribution in [0, 0.1) is 26.7 Å². The van der Waals surface area contributed by atoms with Gasteiger partial charge in [0.05, 0.1) is 18.0 Å². The van der Waals surface area contributed by atoms with Gasteiger partial charge in [-0.25, -0.2) is 0 Å². The molecule has 3 amide bonds. The van der Waals surface area contributed by atoms with Crippen molar-refractivity contribution in [2.45, 2.75) is 40.2 Å². The molecule has 32 heavy (non-hydrogen) atoms. The Morgan fingerprint density at radius 2 is 1.69 bits per heavy atom. The lowest BCUT2D eigenvalue weighted by molar-refractivity contribution is -0.141. The van der Waals surface area contributed by atoms with Crippen molar-refractivity contribution in [2.24, 2.45) is 5.92 Å². The third kappa shape index (κ3) is 4.69. The summed E-state index contributed by atoms with van der Waals surface area (Å²) < 4.78 is 5.14. The highest BCUT2D eigenvalue weighted by Crippen LogP contribution is 2.23. The van der Waals surface area contributed by atoms with E-state index in [4.69, 9.17) is 4.52 Å². The van der Waals surface area contributed by atoms with Gasteiger partial charge in [0, 0.05) is 51.3 Å². The van der Waals surface area contributed by atoms with E-state index in [2.05, 4.69) is 5.16 Å². The Kier molecular flexibility index (Phi) is 6.30. The van der Waals surface area contributed by atoms with Crippen molar-refractivity contribution in [3.05, 3.63) is 52.4 Å². The standard InChI is InChI=1S/C24H30N4O4/c1-16-4-6-19(7-5-16)14-28-15-20(12-22(28)29)24(31)27-10-8-26(9-11-27)23(30)13-21-17(2)25-32-18(21)3/h4-7,20H,8-15H2,1-3H3. The first-order chi connectivity index (χ1) is 15.3. The van der Waals surface area contributed by atoms with Crippen LogP contribution in [0.3, 0.4) is 0 Å². The Hall–Kier alpha value is -3.16. The number of aryl methyl sites for hydroxylation is 3. The fourth-order valence-electron chi connectivity index (χ4n) is 4.46. The number of amides is 3. The molecule has 1 atom stereocenters. The van der Waals surface area contributed by atoms with E-state index in [1.165, 1.54) is 5.56 Å². The minimum absolute atomic E-state index is 0.0163. The van der Waals surface area contributed by atoms with Crippen molar-refractivity contribution in [3.8, 4) is 0 Å². The molecule has 2 saturated heterocycles. The largest absolute Gasteiger partial charge is 0.361 e. The van der Waals surface area contributed by atoms with E-state index in [1.807, 2.05) is 45.0 Å². The second-order valence-electron chi connectivity index (χ2n) is 8.85. The summed E-state index contributed by atoms with van der Waals surface area (Å²) in [6.45, 7) is 8.66. The number of benzene rings is 1. The topological polar surface area (TPSA) is 87.0 Å². The summed E-state index contributed by atoms with van der Waals surface area (Å²) in [5.41, 5.74) is 3.83. The maximum absolute atomic E-state index is 13.0. The monoisotopic (exact) mass is 438 g/mol. The van der Waals surface area contributed by atoms with Gasteiger partial charge in [-0.2, -0.15) is 0 Å². The number of rotatable bonds is 5. The van der Waals surface area contributed by atoms with Gasteiger partial charge in [-0.1, -0.05) is 35.0 Å². The smallest absolute Gasteiger partial charge is 0.228 e. The van der Waals surface area contributed by atoms with Gasteiger partial charge < -0.3 is 19.2 Å². The number of aromatic nitrogens is 1. The van der Waals surface area contributed by atoms with Gasteiger partial charge in [-0.3, -0.25) is 14.4 Å². The Labute approximate surface area is 188 Å². The first kappa shape index (κ1) is 22.0. The quantitative estimate of drug-likeness (QED) is 0.711. The molecule has 4 rings (SSSR count). The molecule has 0 spiro atoms. The summed E-state index contributed by atoms with van der Waals surface area (Å²) in [5, 5.41) is 3.91. The third-order valence-electron chi connectivity index (χ3n) is 6.51. The van der Waals surface area contributed by atoms with Gasteiger partial charge in [-0.05, 0) is 26.3 Å². The Bertz CT molecular complexity index is 986. The summed E-state index contributed by atoms with van der Waals surface area (Å²) in [5.74, 6) is 0.426. The van der Waals surface area contributed by atoms with Crippen LogP contribution in [0.4, 0.5) is 0 Å². The van der Waals surface area contributed by atoms with E-state index in [-0.39, 0.29) is 36.5 Å². The molecule has 1 aromatic carbocycles. The molecule has 1 aromatic heterocycles. The highest BCUT2D eigenvalue weighted by molar-refractivity contribution is 5.89. The molecule has 2 aliphatic heterocycles. The van der Waals surface area contributed by atoms with Crippen LogP contribution in [0.15, 0.2) is 28.8 Å². The Balaban J connectivity index is 1.28. The molecule has 2 fully saturated rings. The summed E-state index contributed by atoms with van der Waals surface area (Å²) in [6, 6.07) is 8.11. The van der Waals surface area contributed by atoms with Crippen LogP contribution in [0.1, 0.15) is 34.6 Å². The number of hydrogen-bond donors (Lipinski definition) is 0. The zero-order valence-electron chi connectivity index (χ0n) is 19.0. The van der Waals surface area contributed by atoms with Crippen molar-refractivity contribution in [1.82, 2.24) is 19.9 Å². The number of hydrogen-bond acceptors (Lipinski definition) is 5. The highest BCUT2D eigenvalue weighted by atomic mass is 16.5. The summed E-state index contributed by atoms with van der Waals surface area (Å²) in [7, 11) is 0. The molecular formula is C24H30N4O4. The van der Waals surface area contributed by atoms with Crippen LogP contribution in [0.2, 0.25) is 0 Å². The molecule has 0 bridgehead atoms. The van der Waals surface area contributed by atoms with E-state index in [0.29, 0.717) is 45.0 Å². The molecule has 0 saturated carbocycles. The Morgan fingerprint density at radius 1 is 1.03 bits per heavy atom. The van der Waals surface area contributed by atoms with Crippen molar-refractivity contribution in [3.63, 3.8) is 0 Å². The third-order valence-corrected chi connectivity index (χ3v) is 6.51. The molecule has 3 heterocycles. The first-order valence-corrected chi connectivity index (χ1v) is 11.1. The van der Waals surface area contributed by atoms with Crippen LogP contribution in [0.5, 0.6) is 0 Å². The maximum Gasteiger partial charge on any atom is 0.228 e. The maximum atomic E-state index is 13.0. The van der Waals surface area contributed by atoms with Gasteiger partial charge in [0.25, 0.3) is 0 Å². The molecule has 8 heteroatoms. The molecule has 2 aromatic rings. The number of piperazine rings is 1. The molecule has 2 aliphatic rings. The van der Waals surface area contributed by atoms with E-state index in [0.717, 1.165) is 16.8 Å². The average molecular weight is 439 g/mol. The van der Waals surface area contributed by atoms with E-state index in [1.54, 1.807) is 14.7 Å². The lowest BCUT2D eigenvalue weighted by atomic mass is 10.1. The fraction of sp³-hybridized carbons (Fsp3) is 0.500. The van der Waals surface area contributed by atoms with Gasteiger partial charge in [0.15, 0.2) is 0 Å². The molecular weight excluding hydrogens is 408 g/mol. The second kappa shape index (κ2) is 9.14. The SMILES string of the molecule is Cc1ccc(CN2CC(C(=O)N3CCN(C(=O)Cc4c(C)noc4C)CC3)CC2=O)cc1. The molecule has 0 N–H and O–H groups in total. The van der Waals surface area contributed by atoms with Gasteiger partial charge in [-0.15, -0.1) is 0 Å². The number of nitrogens with zero attached hydrogens (tertiary/aromatic N) is 4. The van der Waals surface area contributed by atoms with E-state index < -0.39 is 0 Å². The molecule has 0 radical (unpaired) electrons.